The predicted molar refractivity (Wildman–Crippen MR) is 90.2 cm³/mol. The molecule has 1 rings (SSSR count). The molecule has 0 bridgehead atoms. The molecule has 1 fully saturated rings. The number of thiocarbonyl (C=S) groups is 1. The lowest BCUT2D eigenvalue weighted by atomic mass is 9.78. The number of carbonyl (C=O) groups excluding carboxylic acids is 1. The summed E-state index contributed by atoms with van der Waals surface area (Å²) in [5.41, 5.74) is 5.31. The summed E-state index contributed by atoms with van der Waals surface area (Å²) in [5.74, 6) is 0.0161. The number of ether oxygens (including phenoxy) is 1. The van der Waals surface area contributed by atoms with Gasteiger partial charge in [0.05, 0.1) is 10.4 Å². The Hall–Kier alpha value is -0.680. The molecule has 0 heterocycles. The van der Waals surface area contributed by atoms with Gasteiger partial charge in [0.2, 0.25) is 5.91 Å². The Morgan fingerprint density at radius 1 is 1.29 bits per heavy atom. The van der Waals surface area contributed by atoms with Gasteiger partial charge in [-0.05, 0) is 24.7 Å². The molecule has 0 spiro atoms. The second-order valence-corrected chi connectivity index (χ2v) is 7.39. The molecule has 0 aromatic rings. The number of nitrogens with one attached hydrogen (secondary N) is 1. The number of hydrogen-bond donors (Lipinski definition) is 2. The molecule has 1 aliphatic rings. The number of hydrogen-bond acceptors (Lipinski definition) is 3. The molecule has 0 radical (unpaired) electrons. The Morgan fingerprint density at radius 3 is 2.33 bits per heavy atom. The molecule has 4 nitrogen and oxygen atoms in total. The Bertz CT molecular complexity index is 361. The van der Waals surface area contributed by atoms with Crippen LogP contribution in [0.5, 0.6) is 0 Å². The largest absolute Gasteiger partial charge is 0.392 e. The van der Waals surface area contributed by atoms with Crippen LogP contribution in [0.15, 0.2) is 0 Å². The number of rotatable bonds is 7. The molecule has 0 aromatic carbocycles. The van der Waals surface area contributed by atoms with Crippen molar-refractivity contribution in [2.45, 2.75) is 58.8 Å². The molecule has 1 aliphatic carbocycles. The van der Waals surface area contributed by atoms with Crippen LogP contribution in [0.4, 0.5) is 0 Å². The third kappa shape index (κ3) is 5.22. The van der Waals surface area contributed by atoms with Gasteiger partial charge in [0.1, 0.15) is 0 Å². The van der Waals surface area contributed by atoms with Crippen molar-refractivity contribution in [1.29, 1.82) is 0 Å². The third-order valence-electron chi connectivity index (χ3n) is 4.57. The maximum Gasteiger partial charge on any atom is 0.233 e. The quantitative estimate of drug-likeness (QED) is 0.560. The zero-order valence-electron chi connectivity index (χ0n) is 13.7. The highest BCUT2D eigenvalue weighted by Crippen LogP contribution is 2.36. The lowest BCUT2D eigenvalue weighted by Crippen LogP contribution is -2.50. The molecule has 0 aromatic heterocycles. The molecule has 122 valence electrons. The van der Waals surface area contributed by atoms with Crippen LogP contribution in [0.2, 0.25) is 0 Å². The zero-order valence-corrected chi connectivity index (χ0v) is 14.5. The maximum absolute atomic E-state index is 12.7. The first-order valence-corrected chi connectivity index (χ1v) is 8.32. The van der Waals surface area contributed by atoms with E-state index < -0.39 is 5.41 Å². The molecule has 0 unspecified atom stereocenters. The van der Waals surface area contributed by atoms with Crippen molar-refractivity contribution in [3.8, 4) is 0 Å². The minimum absolute atomic E-state index is 0.00774. The summed E-state index contributed by atoms with van der Waals surface area (Å²) in [6.45, 7) is 5.59. The topological polar surface area (TPSA) is 64.3 Å². The van der Waals surface area contributed by atoms with Crippen LogP contribution in [-0.4, -0.2) is 31.2 Å². The van der Waals surface area contributed by atoms with Crippen molar-refractivity contribution < 1.29 is 9.53 Å². The number of methoxy groups -OCH3 is 1. The Kier molecular flexibility index (Phi) is 7.07. The molecular weight excluding hydrogens is 284 g/mol. The van der Waals surface area contributed by atoms with Crippen molar-refractivity contribution >= 4 is 23.1 Å². The highest BCUT2D eigenvalue weighted by Gasteiger charge is 2.41. The van der Waals surface area contributed by atoms with E-state index in [9.17, 15) is 4.79 Å². The van der Waals surface area contributed by atoms with Gasteiger partial charge < -0.3 is 15.8 Å². The monoisotopic (exact) mass is 314 g/mol. The van der Waals surface area contributed by atoms with Crippen LogP contribution in [-0.2, 0) is 9.53 Å². The van der Waals surface area contributed by atoms with Crippen molar-refractivity contribution in [1.82, 2.24) is 5.32 Å². The first-order valence-electron chi connectivity index (χ1n) is 7.91. The van der Waals surface area contributed by atoms with Gasteiger partial charge in [-0.2, -0.15) is 0 Å². The van der Waals surface area contributed by atoms with Gasteiger partial charge in [0, 0.05) is 20.3 Å². The fraction of sp³-hybridized carbons (Fsp3) is 0.875. The van der Waals surface area contributed by atoms with Gasteiger partial charge >= 0.3 is 0 Å². The standard InChI is InChI=1S/C16H30N2O2S/c1-15(2,10-11-20-3)12-18-14(19)16(13(17)21)8-6-4-5-7-9-16/h4-12H2,1-3H3,(H2,17,21)(H,18,19). The van der Waals surface area contributed by atoms with Crippen molar-refractivity contribution in [3.63, 3.8) is 0 Å². The van der Waals surface area contributed by atoms with E-state index in [1.165, 1.54) is 0 Å². The second kappa shape index (κ2) is 8.08. The van der Waals surface area contributed by atoms with Crippen LogP contribution in [0.3, 0.4) is 0 Å². The summed E-state index contributed by atoms with van der Waals surface area (Å²) in [6.07, 6.45) is 6.85. The zero-order chi connectivity index (χ0) is 15.9. The lowest BCUT2D eigenvalue weighted by Gasteiger charge is -2.32. The average Bonchev–Trinajstić information content (AvgIpc) is 2.69. The Labute approximate surface area is 134 Å². The Morgan fingerprint density at radius 2 is 1.86 bits per heavy atom. The van der Waals surface area contributed by atoms with Gasteiger partial charge in [-0.15, -0.1) is 0 Å². The van der Waals surface area contributed by atoms with E-state index in [0.29, 0.717) is 18.1 Å². The summed E-state index contributed by atoms with van der Waals surface area (Å²) in [4.78, 5) is 13.1. The molecule has 1 saturated carbocycles. The molecule has 0 saturated heterocycles. The van der Waals surface area contributed by atoms with Crippen LogP contribution in [0, 0.1) is 10.8 Å². The fourth-order valence-corrected chi connectivity index (χ4v) is 3.17. The maximum atomic E-state index is 12.7. The van der Waals surface area contributed by atoms with E-state index in [0.717, 1.165) is 44.9 Å². The summed E-state index contributed by atoms with van der Waals surface area (Å²) in [7, 11) is 1.70. The number of nitrogens with two attached hydrogens (primary N) is 1. The molecule has 21 heavy (non-hydrogen) atoms. The van der Waals surface area contributed by atoms with Gasteiger partial charge in [-0.25, -0.2) is 0 Å². The van der Waals surface area contributed by atoms with E-state index in [4.69, 9.17) is 22.7 Å². The summed E-state index contributed by atoms with van der Waals surface area (Å²) in [6, 6.07) is 0. The molecular formula is C16H30N2O2S. The number of carbonyl (C=O) groups is 1. The molecule has 1 amide bonds. The second-order valence-electron chi connectivity index (χ2n) is 6.95. The van der Waals surface area contributed by atoms with Crippen molar-refractivity contribution in [2.75, 3.05) is 20.3 Å². The molecule has 3 N–H and O–H groups in total. The van der Waals surface area contributed by atoms with Crippen LogP contribution >= 0.6 is 12.2 Å². The molecule has 0 atom stereocenters. The minimum Gasteiger partial charge on any atom is -0.392 e. The van der Waals surface area contributed by atoms with Gasteiger partial charge in [-0.3, -0.25) is 4.79 Å². The minimum atomic E-state index is -0.636. The van der Waals surface area contributed by atoms with Crippen molar-refractivity contribution in [3.05, 3.63) is 0 Å². The van der Waals surface area contributed by atoms with E-state index in [1.807, 2.05) is 0 Å². The smallest absolute Gasteiger partial charge is 0.233 e. The highest BCUT2D eigenvalue weighted by atomic mass is 32.1. The van der Waals surface area contributed by atoms with Crippen LogP contribution in [0.1, 0.15) is 58.8 Å². The SMILES string of the molecule is COCCC(C)(C)CNC(=O)C1(C(N)=S)CCCCCC1. The molecule has 0 aliphatic heterocycles. The summed E-state index contributed by atoms with van der Waals surface area (Å²) in [5, 5.41) is 3.09. The van der Waals surface area contributed by atoms with E-state index in [-0.39, 0.29) is 11.3 Å². The Balaban J connectivity index is 2.67. The first kappa shape index (κ1) is 18.4. The molecule has 5 heteroatoms. The average molecular weight is 314 g/mol. The van der Waals surface area contributed by atoms with Gasteiger partial charge in [-0.1, -0.05) is 51.7 Å². The number of amides is 1. The van der Waals surface area contributed by atoms with Crippen molar-refractivity contribution in [2.24, 2.45) is 16.6 Å². The predicted octanol–water partition coefficient (Wildman–Crippen LogP) is 2.79. The van der Waals surface area contributed by atoms with Crippen LogP contribution < -0.4 is 11.1 Å². The summed E-state index contributed by atoms with van der Waals surface area (Å²) >= 11 is 5.24. The third-order valence-corrected chi connectivity index (χ3v) is 4.96. The normalized spacial score (nSPS) is 18.8. The first-order chi connectivity index (χ1) is 9.84. The van der Waals surface area contributed by atoms with E-state index >= 15 is 0 Å². The van der Waals surface area contributed by atoms with Gasteiger partial charge in [0.25, 0.3) is 0 Å². The fourth-order valence-electron chi connectivity index (χ4n) is 2.87. The summed E-state index contributed by atoms with van der Waals surface area (Å²) < 4.78 is 5.12. The lowest BCUT2D eigenvalue weighted by molar-refractivity contribution is -0.128. The highest BCUT2D eigenvalue weighted by molar-refractivity contribution is 7.80. The van der Waals surface area contributed by atoms with E-state index in [1.54, 1.807) is 7.11 Å². The van der Waals surface area contributed by atoms with E-state index in [2.05, 4.69) is 19.2 Å². The van der Waals surface area contributed by atoms with Gasteiger partial charge in [0.15, 0.2) is 0 Å². The van der Waals surface area contributed by atoms with Crippen LogP contribution in [0.25, 0.3) is 0 Å².